The molecule has 4 aromatic rings. The van der Waals surface area contributed by atoms with E-state index in [1.807, 2.05) is 48.5 Å². The Hall–Kier alpha value is -3.57. The molecule has 4 rings (SSSR count). The molecule has 0 aliphatic rings. The first-order valence-electron chi connectivity index (χ1n) is 11.5. The van der Waals surface area contributed by atoms with E-state index in [0.717, 1.165) is 47.4 Å². The largest absolute Gasteiger partial charge is 0.491 e. The zero-order valence-electron chi connectivity index (χ0n) is 19.0. The molecule has 0 atom stereocenters. The van der Waals surface area contributed by atoms with E-state index in [4.69, 9.17) is 21.3 Å². The van der Waals surface area contributed by atoms with Crippen LogP contribution in [0.15, 0.2) is 85.5 Å². The molecule has 1 heterocycles. The highest BCUT2D eigenvalue weighted by atomic mass is 35.5. The lowest BCUT2D eigenvalue weighted by Crippen LogP contribution is -2.25. The molecule has 3 aromatic carbocycles. The number of rotatable bonds is 11. The molecule has 1 amide bonds. The fraction of sp³-hybridized carbons (Fsp3) is 0.214. The van der Waals surface area contributed by atoms with Crippen molar-refractivity contribution in [2.75, 3.05) is 13.2 Å². The van der Waals surface area contributed by atoms with Gasteiger partial charge in [0.15, 0.2) is 0 Å². The Balaban J connectivity index is 1.39. The highest BCUT2D eigenvalue weighted by molar-refractivity contribution is 6.33. The Bertz CT molecular complexity index is 1280. The van der Waals surface area contributed by atoms with Crippen LogP contribution in [-0.2, 0) is 19.4 Å². The van der Waals surface area contributed by atoms with Gasteiger partial charge in [0.25, 0.3) is 5.91 Å². The van der Waals surface area contributed by atoms with Gasteiger partial charge in [0.2, 0.25) is 0 Å². The number of aromatic nitrogens is 2. The van der Waals surface area contributed by atoms with Gasteiger partial charge in [-0.2, -0.15) is 0 Å². The second kappa shape index (κ2) is 11.5. The quantitative estimate of drug-likeness (QED) is 0.219. The number of benzene rings is 3. The number of allylic oxidation sites excluding steroid dienone is 1. The molecule has 0 unspecified atom stereocenters. The van der Waals surface area contributed by atoms with Gasteiger partial charge in [0.1, 0.15) is 18.2 Å². The first-order chi connectivity index (χ1) is 16.7. The first kappa shape index (κ1) is 23.6. The molecular formula is C28H28ClN3O2. The zero-order chi connectivity index (χ0) is 23.8. The summed E-state index contributed by atoms with van der Waals surface area (Å²) in [6.07, 6.45) is 4.16. The van der Waals surface area contributed by atoms with Gasteiger partial charge in [0.05, 0.1) is 28.2 Å². The Morgan fingerprint density at radius 2 is 1.82 bits per heavy atom. The van der Waals surface area contributed by atoms with E-state index < -0.39 is 0 Å². The van der Waals surface area contributed by atoms with E-state index in [2.05, 4.69) is 28.6 Å². The minimum Gasteiger partial charge on any atom is -0.491 e. The predicted molar refractivity (Wildman–Crippen MR) is 138 cm³/mol. The normalized spacial score (nSPS) is 10.9. The van der Waals surface area contributed by atoms with E-state index in [9.17, 15) is 4.79 Å². The van der Waals surface area contributed by atoms with Crippen LogP contribution in [0, 0.1) is 0 Å². The van der Waals surface area contributed by atoms with Gasteiger partial charge in [0, 0.05) is 13.0 Å². The van der Waals surface area contributed by atoms with Gasteiger partial charge in [-0.15, -0.1) is 6.58 Å². The van der Waals surface area contributed by atoms with Crippen LogP contribution in [-0.4, -0.2) is 28.6 Å². The number of hydrogen-bond donors (Lipinski definition) is 1. The van der Waals surface area contributed by atoms with Crippen LogP contribution in [0.5, 0.6) is 5.75 Å². The van der Waals surface area contributed by atoms with E-state index in [0.29, 0.717) is 30.3 Å². The summed E-state index contributed by atoms with van der Waals surface area (Å²) in [4.78, 5) is 17.2. The standard InChI is InChI=1S/C28H28ClN3O2/c1-2-10-21-11-3-8-16-26(21)34-20-19-32-25-15-7-6-14-24(25)31-27(32)17-9-18-30-28(33)22-12-4-5-13-23(22)29/h2-8,11-16H,1,9-10,17-20H2,(H,30,33). The van der Waals surface area contributed by atoms with Crippen molar-refractivity contribution < 1.29 is 9.53 Å². The molecule has 0 saturated carbocycles. The summed E-state index contributed by atoms with van der Waals surface area (Å²) in [5, 5.41) is 3.41. The third-order valence-electron chi connectivity index (χ3n) is 5.62. The Labute approximate surface area is 205 Å². The molecule has 0 aliphatic carbocycles. The van der Waals surface area contributed by atoms with Gasteiger partial charge in [-0.25, -0.2) is 4.98 Å². The Morgan fingerprint density at radius 1 is 1.06 bits per heavy atom. The summed E-state index contributed by atoms with van der Waals surface area (Å²) in [7, 11) is 0. The van der Waals surface area contributed by atoms with Gasteiger partial charge >= 0.3 is 0 Å². The van der Waals surface area contributed by atoms with Gasteiger partial charge in [-0.3, -0.25) is 4.79 Å². The van der Waals surface area contributed by atoms with Crippen molar-refractivity contribution in [3.63, 3.8) is 0 Å². The van der Waals surface area contributed by atoms with Crippen molar-refractivity contribution >= 4 is 28.5 Å². The molecular weight excluding hydrogens is 446 g/mol. The molecule has 1 aromatic heterocycles. The number of carbonyl (C=O) groups excluding carboxylic acids is 1. The molecule has 0 bridgehead atoms. The maximum atomic E-state index is 12.4. The number of halogens is 1. The van der Waals surface area contributed by atoms with Crippen molar-refractivity contribution in [3.8, 4) is 5.75 Å². The number of imidazole rings is 1. The molecule has 5 nitrogen and oxygen atoms in total. The molecule has 174 valence electrons. The highest BCUT2D eigenvalue weighted by Gasteiger charge is 2.12. The number of nitrogens with one attached hydrogen (secondary N) is 1. The minimum absolute atomic E-state index is 0.161. The number of para-hydroxylation sites is 3. The number of hydrogen-bond acceptors (Lipinski definition) is 3. The number of carbonyl (C=O) groups is 1. The van der Waals surface area contributed by atoms with Crippen molar-refractivity contribution in [1.29, 1.82) is 0 Å². The summed E-state index contributed by atoms with van der Waals surface area (Å²) in [6.45, 7) is 5.59. The smallest absolute Gasteiger partial charge is 0.252 e. The van der Waals surface area contributed by atoms with Crippen molar-refractivity contribution in [1.82, 2.24) is 14.9 Å². The van der Waals surface area contributed by atoms with Gasteiger partial charge < -0.3 is 14.6 Å². The fourth-order valence-electron chi connectivity index (χ4n) is 3.97. The predicted octanol–water partition coefficient (Wildman–Crippen LogP) is 5.86. The monoisotopic (exact) mass is 473 g/mol. The molecule has 1 N–H and O–H groups in total. The highest BCUT2D eigenvalue weighted by Crippen LogP contribution is 2.21. The minimum atomic E-state index is -0.161. The van der Waals surface area contributed by atoms with Crippen LogP contribution in [0.1, 0.15) is 28.2 Å². The average Bonchev–Trinajstić information content (AvgIpc) is 3.20. The molecule has 0 fully saturated rings. The van der Waals surface area contributed by atoms with Crippen molar-refractivity contribution in [2.45, 2.75) is 25.8 Å². The first-order valence-corrected chi connectivity index (χ1v) is 11.8. The van der Waals surface area contributed by atoms with E-state index in [-0.39, 0.29) is 5.91 Å². The average molecular weight is 474 g/mol. The molecule has 6 heteroatoms. The second-order valence-corrected chi connectivity index (χ2v) is 8.36. The number of nitrogens with zero attached hydrogens (tertiary/aromatic N) is 2. The molecule has 0 radical (unpaired) electrons. The van der Waals surface area contributed by atoms with Crippen LogP contribution < -0.4 is 10.1 Å². The fourth-order valence-corrected chi connectivity index (χ4v) is 4.19. The number of ether oxygens (including phenoxy) is 1. The Kier molecular flexibility index (Phi) is 7.99. The maximum absolute atomic E-state index is 12.4. The van der Waals surface area contributed by atoms with Crippen molar-refractivity contribution in [3.05, 3.63) is 107 Å². The molecule has 0 spiro atoms. The topological polar surface area (TPSA) is 56.1 Å². The number of aryl methyl sites for hydroxylation is 1. The lowest BCUT2D eigenvalue weighted by Gasteiger charge is -2.13. The number of fused-ring (bicyclic) bond motifs is 1. The van der Waals surface area contributed by atoms with Crippen molar-refractivity contribution in [2.24, 2.45) is 0 Å². The molecule has 0 saturated heterocycles. The molecule has 0 aliphatic heterocycles. The van der Waals surface area contributed by atoms with Crippen LogP contribution in [0.4, 0.5) is 0 Å². The summed E-state index contributed by atoms with van der Waals surface area (Å²) < 4.78 is 8.33. The van der Waals surface area contributed by atoms with E-state index in [1.165, 1.54) is 0 Å². The SMILES string of the molecule is C=CCc1ccccc1OCCn1c(CCCNC(=O)c2ccccc2Cl)nc2ccccc21. The Morgan fingerprint density at radius 3 is 2.68 bits per heavy atom. The summed E-state index contributed by atoms with van der Waals surface area (Å²) in [5.74, 6) is 1.71. The van der Waals surface area contributed by atoms with Gasteiger partial charge in [-0.05, 0) is 48.7 Å². The summed E-state index contributed by atoms with van der Waals surface area (Å²) >= 11 is 6.12. The lowest BCUT2D eigenvalue weighted by atomic mass is 10.1. The summed E-state index contributed by atoms with van der Waals surface area (Å²) in [6, 6.07) is 23.2. The van der Waals surface area contributed by atoms with Crippen LogP contribution in [0.2, 0.25) is 5.02 Å². The zero-order valence-corrected chi connectivity index (χ0v) is 19.8. The molecule has 34 heavy (non-hydrogen) atoms. The second-order valence-electron chi connectivity index (χ2n) is 7.96. The number of amides is 1. The third kappa shape index (κ3) is 5.67. The third-order valence-corrected chi connectivity index (χ3v) is 5.95. The van der Waals surface area contributed by atoms with Gasteiger partial charge in [-0.1, -0.05) is 60.1 Å². The maximum Gasteiger partial charge on any atom is 0.252 e. The van der Waals surface area contributed by atoms with Crippen LogP contribution >= 0.6 is 11.6 Å². The van der Waals surface area contributed by atoms with Crippen LogP contribution in [0.3, 0.4) is 0 Å². The van der Waals surface area contributed by atoms with Crippen LogP contribution in [0.25, 0.3) is 11.0 Å². The lowest BCUT2D eigenvalue weighted by molar-refractivity contribution is 0.0953. The van der Waals surface area contributed by atoms with E-state index >= 15 is 0 Å². The summed E-state index contributed by atoms with van der Waals surface area (Å²) in [5.41, 5.74) is 3.66. The van der Waals surface area contributed by atoms with E-state index in [1.54, 1.807) is 18.2 Å².